The fourth-order valence-electron chi connectivity index (χ4n) is 1.85. The molecular formula is C12H25N. The molecule has 0 radical (unpaired) electrons. The molecule has 1 atom stereocenters. The number of rotatable bonds is 8. The Hall–Kier alpha value is -0.0400. The fourth-order valence-corrected chi connectivity index (χ4v) is 1.85. The molecule has 1 unspecified atom stereocenters. The highest BCUT2D eigenvalue weighted by atomic mass is 14.9. The molecule has 13 heavy (non-hydrogen) atoms. The molecule has 1 aliphatic rings. The third kappa shape index (κ3) is 6.09. The summed E-state index contributed by atoms with van der Waals surface area (Å²) in [6.07, 6.45) is 9.83. The van der Waals surface area contributed by atoms with E-state index in [1.54, 1.807) is 0 Å². The van der Waals surface area contributed by atoms with Crippen LogP contribution in [0.5, 0.6) is 0 Å². The third-order valence-electron chi connectivity index (χ3n) is 2.92. The second kappa shape index (κ2) is 6.42. The minimum atomic E-state index is 0.896. The molecule has 0 amide bonds. The molecule has 1 N–H and O–H groups in total. The van der Waals surface area contributed by atoms with Crippen molar-refractivity contribution in [2.24, 2.45) is 5.92 Å². The summed E-state index contributed by atoms with van der Waals surface area (Å²) in [5.74, 6) is 0.950. The van der Waals surface area contributed by atoms with Crippen LogP contribution in [0.25, 0.3) is 0 Å². The first kappa shape index (κ1) is 11.0. The highest BCUT2D eigenvalue weighted by Gasteiger charge is 2.19. The molecule has 1 heteroatoms. The Kier molecular flexibility index (Phi) is 5.45. The molecule has 0 spiro atoms. The minimum Gasteiger partial charge on any atom is -0.314 e. The molecule has 0 heterocycles. The second-order valence-electron chi connectivity index (χ2n) is 4.62. The highest BCUT2D eigenvalue weighted by Crippen LogP contribution is 2.19. The lowest BCUT2D eigenvalue weighted by atomic mass is 9.99. The topological polar surface area (TPSA) is 12.0 Å². The quantitative estimate of drug-likeness (QED) is 0.569. The molecule has 0 saturated heterocycles. The van der Waals surface area contributed by atoms with Gasteiger partial charge in [-0.15, -0.1) is 0 Å². The monoisotopic (exact) mass is 183 g/mol. The summed E-state index contributed by atoms with van der Waals surface area (Å²) >= 11 is 0. The van der Waals surface area contributed by atoms with Crippen LogP contribution in [0.1, 0.15) is 58.8 Å². The molecule has 1 saturated carbocycles. The standard InChI is InChI=1S/C12H25N/c1-3-6-11(2)7-4-5-10-13-12-8-9-12/h11-13H,3-10H2,1-2H3. The van der Waals surface area contributed by atoms with Gasteiger partial charge in [-0.2, -0.15) is 0 Å². The Morgan fingerprint density at radius 2 is 2.00 bits per heavy atom. The van der Waals surface area contributed by atoms with Crippen molar-refractivity contribution in [3.63, 3.8) is 0 Å². The number of hydrogen-bond donors (Lipinski definition) is 1. The van der Waals surface area contributed by atoms with Gasteiger partial charge in [0.05, 0.1) is 0 Å². The molecule has 1 fully saturated rings. The first-order valence-electron chi connectivity index (χ1n) is 6.06. The summed E-state index contributed by atoms with van der Waals surface area (Å²) in [7, 11) is 0. The molecule has 1 aliphatic carbocycles. The Labute approximate surface area is 83.3 Å². The second-order valence-corrected chi connectivity index (χ2v) is 4.62. The summed E-state index contributed by atoms with van der Waals surface area (Å²) in [6.45, 7) is 5.92. The average molecular weight is 183 g/mol. The van der Waals surface area contributed by atoms with Crippen LogP contribution in [0.3, 0.4) is 0 Å². The van der Waals surface area contributed by atoms with Gasteiger partial charge in [0.2, 0.25) is 0 Å². The van der Waals surface area contributed by atoms with Gasteiger partial charge in [0, 0.05) is 6.04 Å². The minimum absolute atomic E-state index is 0.896. The summed E-state index contributed by atoms with van der Waals surface area (Å²) in [5.41, 5.74) is 0. The SMILES string of the molecule is CCCC(C)CCCCNC1CC1. The van der Waals surface area contributed by atoms with Crippen molar-refractivity contribution in [3.05, 3.63) is 0 Å². The van der Waals surface area contributed by atoms with Crippen molar-refractivity contribution in [1.29, 1.82) is 0 Å². The van der Waals surface area contributed by atoms with Crippen molar-refractivity contribution < 1.29 is 0 Å². The number of hydrogen-bond acceptors (Lipinski definition) is 1. The lowest BCUT2D eigenvalue weighted by Gasteiger charge is -2.09. The van der Waals surface area contributed by atoms with Crippen LogP contribution >= 0.6 is 0 Å². The van der Waals surface area contributed by atoms with Gasteiger partial charge in [0.25, 0.3) is 0 Å². The zero-order chi connectivity index (χ0) is 9.52. The van der Waals surface area contributed by atoms with Crippen LogP contribution < -0.4 is 5.32 Å². The van der Waals surface area contributed by atoms with Gasteiger partial charge in [-0.1, -0.05) is 39.5 Å². The van der Waals surface area contributed by atoms with E-state index in [2.05, 4.69) is 19.2 Å². The van der Waals surface area contributed by atoms with Crippen LogP contribution in [0.15, 0.2) is 0 Å². The van der Waals surface area contributed by atoms with E-state index >= 15 is 0 Å². The first-order valence-corrected chi connectivity index (χ1v) is 6.06. The molecule has 0 aromatic heterocycles. The van der Waals surface area contributed by atoms with Crippen molar-refractivity contribution in [1.82, 2.24) is 5.32 Å². The molecule has 0 aromatic carbocycles. The summed E-state index contributed by atoms with van der Waals surface area (Å²) in [6, 6.07) is 0.896. The fraction of sp³-hybridized carbons (Fsp3) is 1.00. The van der Waals surface area contributed by atoms with Gasteiger partial charge in [0.15, 0.2) is 0 Å². The Bertz CT molecular complexity index is 118. The van der Waals surface area contributed by atoms with Gasteiger partial charge in [-0.05, 0) is 31.7 Å². The van der Waals surface area contributed by atoms with Gasteiger partial charge >= 0.3 is 0 Å². The van der Waals surface area contributed by atoms with Gasteiger partial charge < -0.3 is 5.32 Å². The van der Waals surface area contributed by atoms with Crippen molar-refractivity contribution in [2.75, 3.05) is 6.54 Å². The van der Waals surface area contributed by atoms with Crippen LogP contribution in [-0.4, -0.2) is 12.6 Å². The van der Waals surface area contributed by atoms with Crippen LogP contribution in [0.4, 0.5) is 0 Å². The lowest BCUT2D eigenvalue weighted by Crippen LogP contribution is -2.17. The zero-order valence-corrected chi connectivity index (χ0v) is 9.31. The van der Waals surface area contributed by atoms with E-state index in [4.69, 9.17) is 0 Å². The Morgan fingerprint density at radius 1 is 1.23 bits per heavy atom. The van der Waals surface area contributed by atoms with Crippen LogP contribution in [0, 0.1) is 5.92 Å². The van der Waals surface area contributed by atoms with Gasteiger partial charge in [0.1, 0.15) is 0 Å². The van der Waals surface area contributed by atoms with E-state index in [1.165, 1.54) is 51.5 Å². The summed E-state index contributed by atoms with van der Waals surface area (Å²) in [4.78, 5) is 0. The van der Waals surface area contributed by atoms with E-state index in [9.17, 15) is 0 Å². The summed E-state index contributed by atoms with van der Waals surface area (Å²) in [5, 5.41) is 3.56. The van der Waals surface area contributed by atoms with Crippen molar-refractivity contribution in [2.45, 2.75) is 64.8 Å². The molecule has 78 valence electrons. The largest absolute Gasteiger partial charge is 0.314 e. The highest BCUT2D eigenvalue weighted by molar-refractivity contribution is 4.80. The Morgan fingerprint density at radius 3 is 2.62 bits per heavy atom. The smallest absolute Gasteiger partial charge is 0.00682 e. The molecule has 1 rings (SSSR count). The van der Waals surface area contributed by atoms with E-state index in [1.807, 2.05) is 0 Å². The normalized spacial score (nSPS) is 18.9. The third-order valence-corrected chi connectivity index (χ3v) is 2.92. The van der Waals surface area contributed by atoms with Crippen molar-refractivity contribution >= 4 is 0 Å². The summed E-state index contributed by atoms with van der Waals surface area (Å²) < 4.78 is 0. The predicted octanol–water partition coefficient (Wildman–Crippen LogP) is 3.34. The van der Waals surface area contributed by atoms with Crippen molar-refractivity contribution in [3.8, 4) is 0 Å². The van der Waals surface area contributed by atoms with E-state index < -0.39 is 0 Å². The maximum absolute atomic E-state index is 3.56. The maximum Gasteiger partial charge on any atom is 0.00682 e. The first-order chi connectivity index (χ1) is 6.33. The lowest BCUT2D eigenvalue weighted by molar-refractivity contribution is 0.455. The molecule has 1 nitrogen and oxygen atoms in total. The molecule has 0 aromatic rings. The van der Waals surface area contributed by atoms with Crippen LogP contribution in [0.2, 0.25) is 0 Å². The van der Waals surface area contributed by atoms with Gasteiger partial charge in [-0.25, -0.2) is 0 Å². The van der Waals surface area contributed by atoms with E-state index in [-0.39, 0.29) is 0 Å². The van der Waals surface area contributed by atoms with Crippen LogP contribution in [-0.2, 0) is 0 Å². The maximum atomic E-state index is 3.56. The Balaban J connectivity index is 1.76. The molecule has 0 bridgehead atoms. The molecule has 0 aliphatic heterocycles. The van der Waals surface area contributed by atoms with E-state index in [0.717, 1.165) is 12.0 Å². The number of nitrogens with one attached hydrogen (secondary N) is 1. The average Bonchev–Trinajstić information content (AvgIpc) is 2.88. The zero-order valence-electron chi connectivity index (χ0n) is 9.31. The predicted molar refractivity (Wildman–Crippen MR) is 58.9 cm³/mol. The number of unbranched alkanes of at least 4 members (excludes halogenated alkanes) is 1. The molecular weight excluding hydrogens is 158 g/mol. The van der Waals surface area contributed by atoms with E-state index in [0.29, 0.717) is 0 Å². The van der Waals surface area contributed by atoms with Gasteiger partial charge in [-0.3, -0.25) is 0 Å².